The first-order valence-electron chi connectivity index (χ1n) is 9.75. The van der Waals surface area contributed by atoms with Crippen molar-refractivity contribution in [1.82, 2.24) is 5.32 Å². The molecule has 148 valence electrons. The molecule has 0 spiro atoms. The Balaban J connectivity index is 1.73. The first-order valence-corrected chi connectivity index (χ1v) is 9.75. The van der Waals surface area contributed by atoms with E-state index < -0.39 is 5.41 Å². The minimum Gasteiger partial charge on any atom is -0.486 e. The standard InChI is InChI=1S/C21H29NO5/c1-4-20(2,3)22-18(23)14-27-19(24)21(9-5-6-10-21)15-7-8-16-17(13-15)26-12-11-25-16/h7-8,13H,4-6,9-12,14H2,1-3H3,(H,22,23). The summed E-state index contributed by atoms with van der Waals surface area (Å²) in [6.45, 7) is 6.67. The van der Waals surface area contributed by atoms with Crippen molar-refractivity contribution in [3.05, 3.63) is 23.8 Å². The molecule has 1 fully saturated rings. The van der Waals surface area contributed by atoms with E-state index in [1.807, 2.05) is 39.0 Å². The van der Waals surface area contributed by atoms with E-state index in [4.69, 9.17) is 14.2 Å². The number of fused-ring (bicyclic) bond motifs is 1. The lowest BCUT2D eigenvalue weighted by Crippen LogP contribution is -2.45. The summed E-state index contributed by atoms with van der Waals surface area (Å²) < 4.78 is 16.7. The Morgan fingerprint density at radius 2 is 1.81 bits per heavy atom. The Morgan fingerprint density at radius 1 is 1.15 bits per heavy atom. The molecule has 0 saturated heterocycles. The summed E-state index contributed by atoms with van der Waals surface area (Å²) >= 11 is 0. The smallest absolute Gasteiger partial charge is 0.317 e. The number of carbonyl (C=O) groups is 2. The van der Waals surface area contributed by atoms with Gasteiger partial charge >= 0.3 is 5.97 Å². The SMILES string of the molecule is CCC(C)(C)NC(=O)COC(=O)C1(c2ccc3c(c2)OCCO3)CCCC1. The molecule has 0 atom stereocenters. The number of amides is 1. The number of hydrogen-bond donors (Lipinski definition) is 1. The van der Waals surface area contributed by atoms with Crippen molar-refractivity contribution < 1.29 is 23.8 Å². The van der Waals surface area contributed by atoms with Crippen LogP contribution in [-0.4, -0.2) is 37.2 Å². The van der Waals surface area contributed by atoms with Gasteiger partial charge in [0, 0.05) is 5.54 Å². The number of benzene rings is 1. The highest BCUT2D eigenvalue weighted by Gasteiger charge is 2.45. The van der Waals surface area contributed by atoms with E-state index in [-0.39, 0.29) is 24.0 Å². The van der Waals surface area contributed by atoms with E-state index in [0.717, 1.165) is 24.8 Å². The summed E-state index contributed by atoms with van der Waals surface area (Å²) in [6, 6.07) is 5.66. The number of hydrogen-bond acceptors (Lipinski definition) is 5. The molecule has 0 bridgehead atoms. The third-order valence-corrected chi connectivity index (χ3v) is 5.64. The minimum atomic E-state index is -0.712. The third kappa shape index (κ3) is 4.20. The van der Waals surface area contributed by atoms with Crippen molar-refractivity contribution >= 4 is 11.9 Å². The van der Waals surface area contributed by atoms with E-state index in [2.05, 4.69) is 5.32 Å². The molecule has 1 aliphatic carbocycles. The van der Waals surface area contributed by atoms with Gasteiger partial charge in [0.05, 0.1) is 5.41 Å². The average Bonchev–Trinajstić information content (AvgIpc) is 3.16. The Morgan fingerprint density at radius 3 is 2.48 bits per heavy atom. The highest BCUT2D eigenvalue weighted by Crippen LogP contribution is 2.45. The van der Waals surface area contributed by atoms with Crippen LogP contribution in [-0.2, 0) is 19.7 Å². The van der Waals surface area contributed by atoms with Gasteiger partial charge in [-0.3, -0.25) is 9.59 Å². The second-order valence-corrected chi connectivity index (χ2v) is 8.01. The monoisotopic (exact) mass is 375 g/mol. The van der Waals surface area contributed by atoms with Gasteiger partial charge in [-0.2, -0.15) is 0 Å². The molecule has 27 heavy (non-hydrogen) atoms. The number of esters is 1. The van der Waals surface area contributed by atoms with Crippen molar-refractivity contribution in [2.75, 3.05) is 19.8 Å². The normalized spacial score (nSPS) is 18.0. The summed E-state index contributed by atoms with van der Waals surface area (Å²) in [5, 5.41) is 2.89. The molecular formula is C21H29NO5. The molecule has 0 radical (unpaired) electrons. The predicted molar refractivity (Wildman–Crippen MR) is 101 cm³/mol. The van der Waals surface area contributed by atoms with Crippen molar-refractivity contribution in [1.29, 1.82) is 0 Å². The summed E-state index contributed by atoms with van der Waals surface area (Å²) in [6.07, 6.45) is 4.14. The molecule has 6 heteroatoms. The molecule has 0 unspecified atom stereocenters. The zero-order valence-electron chi connectivity index (χ0n) is 16.4. The zero-order chi connectivity index (χ0) is 19.5. The molecule has 1 heterocycles. The van der Waals surface area contributed by atoms with Crippen molar-refractivity contribution in [3.8, 4) is 11.5 Å². The van der Waals surface area contributed by atoms with Crippen LogP contribution in [0.3, 0.4) is 0 Å². The van der Waals surface area contributed by atoms with Crippen LogP contribution >= 0.6 is 0 Å². The van der Waals surface area contributed by atoms with E-state index >= 15 is 0 Å². The fourth-order valence-electron chi connectivity index (χ4n) is 3.70. The van der Waals surface area contributed by atoms with Gasteiger partial charge in [-0.1, -0.05) is 25.8 Å². The Labute approximate surface area is 160 Å². The van der Waals surface area contributed by atoms with Crippen LogP contribution in [0.4, 0.5) is 0 Å². The molecule has 1 aromatic rings. The van der Waals surface area contributed by atoms with Crippen LogP contribution in [0.2, 0.25) is 0 Å². The molecule has 2 aliphatic rings. The topological polar surface area (TPSA) is 73.9 Å². The van der Waals surface area contributed by atoms with Crippen LogP contribution in [0.5, 0.6) is 11.5 Å². The highest BCUT2D eigenvalue weighted by atomic mass is 16.6. The first-order chi connectivity index (χ1) is 12.9. The number of nitrogens with one attached hydrogen (secondary N) is 1. The van der Waals surface area contributed by atoms with Crippen LogP contribution in [0.15, 0.2) is 18.2 Å². The molecule has 1 saturated carbocycles. The van der Waals surface area contributed by atoms with Crippen LogP contribution in [0.1, 0.15) is 58.4 Å². The molecule has 1 aliphatic heterocycles. The predicted octanol–water partition coefficient (Wildman–Crippen LogP) is 3.12. The lowest BCUT2D eigenvalue weighted by Gasteiger charge is -2.29. The van der Waals surface area contributed by atoms with Gasteiger partial charge in [0.1, 0.15) is 13.2 Å². The van der Waals surface area contributed by atoms with Crippen molar-refractivity contribution in [2.45, 2.75) is 63.8 Å². The second-order valence-electron chi connectivity index (χ2n) is 8.01. The van der Waals surface area contributed by atoms with Gasteiger partial charge in [0.25, 0.3) is 5.91 Å². The van der Waals surface area contributed by atoms with Crippen LogP contribution in [0.25, 0.3) is 0 Å². The molecule has 1 amide bonds. The summed E-state index contributed by atoms with van der Waals surface area (Å²) in [5.41, 5.74) is -0.149. The number of rotatable bonds is 6. The third-order valence-electron chi connectivity index (χ3n) is 5.64. The van der Waals surface area contributed by atoms with Gasteiger partial charge in [-0.05, 0) is 50.8 Å². The van der Waals surface area contributed by atoms with E-state index in [0.29, 0.717) is 37.6 Å². The quantitative estimate of drug-likeness (QED) is 0.774. The number of ether oxygens (including phenoxy) is 3. The summed E-state index contributed by atoms with van der Waals surface area (Å²) in [4.78, 5) is 25.1. The fraction of sp³-hybridized carbons (Fsp3) is 0.619. The van der Waals surface area contributed by atoms with Crippen LogP contribution in [0, 0.1) is 0 Å². The van der Waals surface area contributed by atoms with E-state index in [1.54, 1.807) is 0 Å². The molecule has 3 rings (SSSR count). The lowest BCUT2D eigenvalue weighted by molar-refractivity contribution is -0.154. The molecule has 1 aromatic carbocycles. The molecule has 6 nitrogen and oxygen atoms in total. The van der Waals surface area contributed by atoms with Gasteiger partial charge in [0.2, 0.25) is 0 Å². The van der Waals surface area contributed by atoms with E-state index in [1.165, 1.54) is 0 Å². The zero-order valence-corrected chi connectivity index (χ0v) is 16.4. The number of carbonyl (C=O) groups excluding carboxylic acids is 2. The van der Waals surface area contributed by atoms with Crippen molar-refractivity contribution in [3.63, 3.8) is 0 Å². The highest BCUT2D eigenvalue weighted by molar-refractivity contribution is 5.87. The summed E-state index contributed by atoms with van der Waals surface area (Å²) in [7, 11) is 0. The minimum absolute atomic E-state index is 0.255. The average molecular weight is 375 g/mol. The fourth-order valence-corrected chi connectivity index (χ4v) is 3.70. The lowest BCUT2D eigenvalue weighted by atomic mass is 9.78. The van der Waals surface area contributed by atoms with Gasteiger partial charge in [-0.15, -0.1) is 0 Å². The van der Waals surface area contributed by atoms with Crippen molar-refractivity contribution in [2.24, 2.45) is 0 Å². The molecular weight excluding hydrogens is 346 g/mol. The maximum absolute atomic E-state index is 13.0. The van der Waals surface area contributed by atoms with Gasteiger partial charge in [0.15, 0.2) is 18.1 Å². The van der Waals surface area contributed by atoms with E-state index in [9.17, 15) is 9.59 Å². The van der Waals surface area contributed by atoms with Crippen LogP contribution < -0.4 is 14.8 Å². The Bertz CT molecular complexity index is 707. The maximum atomic E-state index is 13.0. The van der Waals surface area contributed by atoms with Gasteiger partial charge < -0.3 is 19.5 Å². The Hall–Kier alpha value is -2.24. The molecule has 1 N–H and O–H groups in total. The molecule has 0 aromatic heterocycles. The summed E-state index contributed by atoms with van der Waals surface area (Å²) in [5.74, 6) is 0.764. The second kappa shape index (κ2) is 7.79. The maximum Gasteiger partial charge on any atom is 0.317 e. The largest absolute Gasteiger partial charge is 0.486 e. The first kappa shape index (κ1) is 19.5. The Kier molecular flexibility index (Phi) is 5.63. The van der Waals surface area contributed by atoms with Gasteiger partial charge in [-0.25, -0.2) is 0 Å².